The molecule has 1 fully saturated rings. The van der Waals surface area contributed by atoms with E-state index in [1.54, 1.807) is 6.33 Å². The van der Waals surface area contributed by atoms with E-state index in [9.17, 15) is 0 Å². The van der Waals surface area contributed by atoms with Gasteiger partial charge in [0, 0.05) is 17.3 Å². The van der Waals surface area contributed by atoms with E-state index in [1.807, 2.05) is 0 Å². The van der Waals surface area contributed by atoms with Gasteiger partial charge in [-0.25, -0.2) is 9.67 Å². The maximum absolute atomic E-state index is 4.43. The van der Waals surface area contributed by atoms with Crippen molar-refractivity contribution in [3.8, 4) is 0 Å². The van der Waals surface area contributed by atoms with Crippen molar-refractivity contribution in [1.29, 1.82) is 0 Å². The molecule has 1 aliphatic rings. The molecule has 1 aliphatic carbocycles. The molecular weight excluding hydrogens is 254 g/mol. The molecule has 1 aromatic heterocycles. The van der Waals surface area contributed by atoms with Gasteiger partial charge in [0.15, 0.2) is 0 Å². The topological polar surface area (TPSA) is 30.7 Å². The molecule has 3 unspecified atom stereocenters. The van der Waals surface area contributed by atoms with Crippen LogP contribution in [0.5, 0.6) is 0 Å². The lowest BCUT2D eigenvalue weighted by Crippen LogP contribution is -2.15. The molecule has 0 N–H and O–H groups in total. The second-order valence-corrected chi connectivity index (χ2v) is 5.58. The van der Waals surface area contributed by atoms with Crippen LogP contribution in [0.1, 0.15) is 44.9 Å². The van der Waals surface area contributed by atoms with E-state index >= 15 is 0 Å². The standard InChI is InChI=1S/C11H18BrN3/c1-3-6-15-11(13-7-14-15)9-4-5-10(12)8(9)2/h7-10H,3-6H2,1-2H3. The molecule has 0 amide bonds. The second-order valence-electron chi connectivity index (χ2n) is 4.40. The van der Waals surface area contributed by atoms with E-state index in [0.29, 0.717) is 16.7 Å². The third-order valence-corrected chi connectivity index (χ3v) is 4.66. The number of alkyl halides is 1. The lowest BCUT2D eigenvalue weighted by atomic mass is 9.97. The van der Waals surface area contributed by atoms with Crippen molar-refractivity contribution < 1.29 is 0 Å². The lowest BCUT2D eigenvalue weighted by molar-refractivity contribution is 0.468. The number of hydrogen-bond donors (Lipinski definition) is 0. The highest BCUT2D eigenvalue weighted by molar-refractivity contribution is 9.09. The number of aromatic nitrogens is 3. The fourth-order valence-corrected chi connectivity index (χ4v) is 3.06. The van der Waals surface area contributed by atoms with Crippen molar-refractivity contribution in [2.75, 3.05) is 0 Å². The molecule has 15 heavy (non-hydrogen) atoms. The zero-order valence-corrected chi connectivity index (χ0v) is 10.9. The van der Waals surface area contributed by atoms with Gasteiger partial charge in [-0.05, 0) is 25.2 Å². The first-order valence-corrected chi connectivity index (χ1v) is 6.67. The van der Waals surface area contributed by atoms with E-state index in [0.717, 1.165) is 13.0 Å². The van der Waals surface area contributed by atoms with Crippen LogP contribution >= 0.6 is 15.9 Å². The van der Waals surface area contributed by atoms with Crippen molar-refractivity contribution >= 4 is 15.9 Å². The van der Waals surface area contributed by atoms with E-state index in [1.165, 1.54) is 18.7 Å². The summed E-state index contributed by atoms with van der Waals surface area (Å²) >= 11 is 3.74. The second kappa shape index (κ2) is 4.64. The molecule has 0 bridgehead atoms. The highest BCUT2D eigenvalue weighted by atomic mass is 79.9. The maximum Gasteiger partial charge on any atom is 0.138 e. The van der Waals surface area contributed by atoms with Gasteiger partial charge >= 0.3 is 0 Å². The van der Waals surface area contributed by atoms with Crippen molar-refractivity contribution in [3.05, 3.63) is 12.2 Å². The van der Waals surface area contributed by atoms with Crippen LogP contribution in [-0.2, 0) is 6.54 Å². The summed E-state index contributed by atoms with van der Waals surface area (Å²) in [4.78, 5) is 5.08. The zero-order chi connectivity index (χ0) is 10.8. The molecule has 84 valence electrons. The smallest absolute Gasteiger partial charge is 0.138 e. The molecule has 1 heterocycles. The third kappa shape index (κ3) is 2.10. The average molecular weight is 272 g/mol. The Morgan fingerprint density at radius 1 is 1.53 bits per heavy atom. The minimum absolute atomic E-state index is 0.587. The Morgan fingerprint density at radius 2 is 2.33 bits per heavy atom. The van der Waals surface area contributed by atoms with Gasteiger partial charge in [-0.2, -0.15) is 5.10 Å². The van der Waals surface area contributed by atoms with Gasteiger partial charge < -0.3 is 0 Å². The average Bonchev–Trinajstić information content (AvgIpc) is 2.77. The fourth-order valence-electron chi connectivity index (χ4n) is 2.43. The highest BCUT2D eigenvalue weighted by Gasteiger charge is 2.34. The highest BCUT2D eigenvalue weighted by Crippen LogP contribution is 2.42. The van der Waals surface area contributed by atoms with Gasteiger partial charge in [0.25, 0.3) is 0 Å². The van der Waals surface area contributed by atoms with Crippen LogP contribution in [0.25, 0.3) is 0 Å². The van der Waals surface area contributed by atoms with E-state index < -0.39 is 0 Å². The Labute approximate surface area is 99.4 Å². The number of nitrogens with zero attached hydrogens (tertiary/aromatic N) is 3. The predicted molar refractivity (Wildman–Crippen MR) is 64.2 cm³/mol. The van der Waals surface area contributed by atoms with Gasteiger partial charge in [0.2, 0.25) is 0 Å². The number of rotatable bonds is 3. The lowest BCUT2D eigenvalue weighted by Gasteiger charge is -2.17. The zero-order valence-electron chi connectivity index (χ0n) is 9.36. The minimum Gasteiger partial charge on any atom is -0.250 e. The Morgan fingerprint density at radius 3 is 2.93 bits per heavy atom. The summed E-state index contributed by atoms with van der Waals surface area (Å²) in [7, 11) is 0. The summed E-state index contributed by atoms with van der Waals surface area (Å²) in [6.07, 6.45) is 5.30. The summed E-state index contributed by atoms with van der Waals surface area (Å²) in [6.45, 7) is 5.48. The largest absolute Gasteiger partial charge is 0.250 e. The van der Waals surface area contributed by atoms with Gasteiger partial charge in [-0.3, -0.25) is 0 Å². The first kappa shape index (κ1) is 11.1. The molecule has 3 nitrogen and oxygen atoms in total. The monoisotopic (exact) mass is 271 g/mol. The minimum atomic E-state index is 0.587. The molecule has 0 aromatic carbocycles. The van der Waals surface area contributed by atoms with Crippen LogP contribution in [0.3, 0.4) is 0 Å². The van der Waals surface area contributed by atoms with Crippen molar-refractivity contribution in [1.82, 2.24) is 14.8 Å². The molecule has 3 atom stereocenters. The molecule has 4 heteroatoms. The van der Waals surface area contributed by atoms with Gasteiger partial charge in [0.1, 0.15) is 12.2 Å². The summed E-state index contributed by atoms with van der Waals surface area (Å²) in [5, 5.41) is 4.30. The van der Waals surface area contributed by atoms with Gasteiger partial charge in [-0.1, -0.05) is 29.8 Å². The van der Waals surface area contributed by atoms with E-state index in [-0.39, 0.29) is 0 Å². The van der Waals surface area contributed by atoms with E-state index in [4.69, 9.17) is 0 Å². The third-order valence-electron chi connectivity index (χ3n) is 3.37. The Hall–Kier alpha value is -0.380. The van der Waals surface area contributed by atoms with Crippen molar-refractivity contribution in [2.45, 2.75) is 50.4 Å². The molecule has 0 radical (unpaired) electrons. The van der Waals surface area contributed by atoms with Crippen LogP contribution in [-0.4, -0.2) is 19.6 Å². The molecule has 2 rings (SSSR count). The van der Waals surface area contributed by atoms with Gasteiger partial charge in [-0.15, -0.1) is 0 Å². The summed E-state index contributed by atoms with van der Waals surface area (Å²) in [6, 6.07) is 0. The molecule has 1 aromatic rings. The van der Waals surface area contributed by atoms with Crippen LogP contribution in [0.15, 0.2) is 6.33 Å². The van der Waals surface area contributed by atoms with Crippen molar-refractivity contribution in [2.24, 2.45) is 5.92 Å². The Balaban J connectivity index is 2.18. The fraction of sp³-hybridized carbons (Fsp3) is 0.818. The van der Waals surface area contributed by atoms with E-state index in [2.05, 4.69) is 44.5 Å². The Bertz CT molecular complexity index is 323. The SMILES string of the molecule is CCCn1ncnc1C1CCC(Br)C1C. The molecular formula is C11H18BrN3. The maximum atomic E-state index is 4.43. The number of halogens is 1. The van der Waals surface area contributed by atoms with Crippen molar-refractivity contribution in [3.63, 3.8) is 0 Å². The summed E-state index contributed by atoms with van der Waals surface area (Å²) in [5.74, 6) is 2.44. The predicted octanol–water partition coefficient (Wildman–Crippen LogP) is 2.97. The molecule has 0 spiro atoms. The first-order chi connectivity index (χ1) is 7.24. The van der Waals surface area contributed by atoms with Crippen LogP contribution < -0.4 is 0 Å². The normalized spacial score (nSPS) is 31.0. The Kier molecular flexibility index (Phi) is 3.44. The van der Waals surface area contributed by atoms with Gasteiger partial charge in [0.05, 0.1) is 0 Å². The summed E-state index contributed by atoms with van der Waals surface area (Å²) in [5.41, 5.74) is 0. The molecule has 0 saturated heterocycles. The van der Waals surface area contributed by atoms with Crippen LogP contribution in [0.4, 0.5) is 0 Å². The molecule has 1 saturated carbocycles. The van der Waals surface area contributed by atoms with Crippen LogP contribution in [0, 0.1) is 5.92 Å². The quantitative estimate of drug-likeness (QED) is 0.792. The number of hydrogen-bond acceptors (Lipinski definition) is 2. The van der Waals surface area contributed by atoms with Crippen LogP contribution in [0.2, 0.25) is 0 Å². The first-order valence-electron chi connectivity index (χ1n) is 5.75. The summed E-state index contributed by atoms with van der Waals surface area (Å²) < 4.78 is 2.08. The molecule has 0 aliphatic heterocycles. The number of aryl methyl sites for hydroxylation is 1.